The Kier molecular flexibility index (Phi) is 13.8. The quantitative estimate of drug-likeness (QED) is 0.0776. The molecule has 1 aromatic carbocycles. The number of esters is 1. The molecule has 0 bridgehead atoms. The van der Waals surface area contributed by atoms with Gasteiger partial charge in [-0.2, -0.15) is 0 Å². The lowest BCUT2D eigenvalue weighted by molar-refractivity contribution is -0.136. The van der Waals surface area contributed by atoms with Crippen molar-refractivity contribution in [3.63, 3.8) is 0 Å². The molecule has 0 N–H and O–H groups in total. The van der Waals surface area contributed by atoms with Gasteiger partial charge in [0.15, 0.2) is 0 Å². The van der Waals surface area contributed by atoms with Crippen molar-refractivity contribution in [1.29, 1.82) is 0 Å². The number of rotatable bonds is 15. The summed E-state index contributed by atoms with van der Waals surface area (Å²) < 4.78 is 5.26. The summed E-state index contributed by atoms with van der Waals surface area (Å²) in [6, 6.07) is 15.4. The average Bonchev–Trinajstić information content (AvgIpc) is 3.00. The van der Waals surface area contributed by atoms with Crippen LogP contribution in [0.15, 0.2) is 88.1 Å². The molecule has 1 atom stereocenters. The minimum atomic E-state index is -0.846. The molecule has 44 heavy (non-hydrogen) atoms. The van der Waals surface area contributed by atoms with E-state index in [9.17, 15) is 4.79 Å². The zero-order chi connectivity index (χ0) is 32.0. The van der Waals surface area contributed by atoms with E-state index in [1.165, 1.54) is 0 Å². The fourth-order valence-electron chi connectivity index (χ4n) is 4.55. The summed E-state index contributed by atoms with van der Waals surface area (Å²) in [4.78, 5) is 38.3. The molecule has 0 amide bonds. The number of allylic oxidation sites excluding steroid dienone is 2. The molecule has 3 rings (SSSR count). The molecule has 0 aliphatic heterocycles. The van der Waals surface area contributed by atoms with Crippen molar-refractivity contribution >= 4 is 40.0 Å². The molecule has 2 heterocycles. The van der Waals surface area contributed by atoms with E-state index in [1.54, 1.807) is 45.7 Å². The van der Waals surface area contributed by atoms with Crippen molar-refractivity contribution in [3.05, 3.63) is 101 Å². The minimum Gasteiger partial charge on any atom is -0.425 e. The van der Waals surface area contributed by atoms with Gasteiger partial charge in [0, 0.05) is 50.5 Å². The fraction of sp³-hybridized carbons (Fsp3) is 0.371. The van der Waals surface area contributed by atoms with Gasteiger partial charge in [0.25, 0.3) is 0 Å². The van der Waals surface area contributed by atoms with Crippen LogP contribution < -0.4 is 4.74 Å². The summed E-state index contributed by atoms with van der Waals surface area (Å²) in [5, 5.41) is 0. The van der Waals surface area contributed by atoms with E-state index in [0.717, 1.165) is 40.2 Å². The molecule has 9 heteroatoms. The second kappa shape index (κ2) is 17.5. The molecule has 1 unspecified atom stereocenters. The summed E-state index contributed by atoms with van der Waals surface area (Å²) in [7, 11) is 1.77. The zero-order valence-electron chi connectivity index (χ0n) is 26.6. The number of hydrogen-bond donors (Lipinski definition) is 0. The largest absolute Gasteiger partial charge is 0.425 e. The Morgan fingerprint density at radius 1 is 1.05 bits per heavy atom. The van der Waals surface area contributed by atoms with Gasteiger partial charge >= 0.3 is 5.97 Å². The Morgan fingerprint density at radius 2 is 1.75 bits per heavy atom. The molecule has 2 aromatic heterocycles. The molecule has 232 valence electrons. The van der Waals surface area contributed by atoms with Crippen molar-refractivity contribution in [1.82, 2.24) is 14.9 Å². The maximum atomic E-state index is 13.1. The second-order valence-corrected chi connectivity index (χ2v) is 12.8. The predicted molar refractivity (Wildman–Crippen MR) is 185 cm³/mol. The molecule has 0 fully saturated rings. The van der Waals surface area contributed by atoms with Crippen molar-refractivity contribution in [2.45, 2.75) is 51.4 Å². The van der Waals surface area contributed by atoms with E-state index in [2.05, 4.69) is 54.9 Å². The van der Waals surface area contributed by atoms with E-state index in [4.69, 9.17) is 14.7 Å². The van der Waals surface area contributed by atoms with E-state index in [-0.39, 0.29) is 12.0 Å². The standard InChI is InChI=1S/C35H43BrN6O2/c1-7-8-13-28(37-6)24-38-18-20-42(21-19-39-25-29-14-9-11-16-40-29)32(31-15-10-12-17-41-31)30-23-26(2)22-27(3)33(30)44-34(43)35(4,5)36/h8-17,22-25,32H,7,18-21H2,1-6H3/b13-8-,37-28?,38-24?,39-25?. The van der Waals surface area contributed by atoms with Crippen molar-refractivity contribution in [2.75, 3.05) is 33.2 Å². The van der Waals surface area contributed by atoms with Crippen molar-refractivity contribution in [3.8, 4) is 5.75 Å². The van der Waals surface area contributed by atoms with Crippen LogP contribution in [-0.2, 0) is 4.79 Å². The lowest BCUT2D eigenvalue weighted by Crippen LogP contribution is -2.36. The molecule has 0 spiro atoms. The summed E-state index contributed by atoms with van der Waals surface area (Å²) >= 11 is 3.46. The van der Waals surface area contributed by atoms with Crippen LogP contribution in [0.5, 0.6) is 5.75 Å². The third-order valence-electron chi connectivity index (χ3n) is 6.71. The normalized spacial score (nSPS) is 13.4. The van der Waals surface area contributed by atoms with Crippen LogP contribution in [0.1, 0.15) is 61.3 Å². The number of aliphatic imine (C=N–C) groups is 3. The molecule has 8 nitrogen and oxygen atoms in total. The molecular formula is C35H43BrN6O2. The first-order chi connectivity index (χ1) is 21.1. The highest BCUT2D eigenvalue weighted by Crippen LogP contribution is 2.38. The number of ether oxygens (including phenoxy) is 1. The van der Waals surface area contributed by atoms with Gasteiger partial charge in [-0.25, -0.2) is 0 Å². The Labute approximate surface area is 270 Å². The van der Waals surface area contributed by atoms with Crippen molar-refractivity contribution < 1.29 is 9.53 Å². The van der Waals surface area contributed by atoms with Gasteiger partial charge in [0.05, 0.1) is 36.2 Å². The minimum absolute atomic E-state index is 0.324. The third-order valence-corrected chi connectivity index (χ3v) is 7.03. The van der Waals surface area contributed by atoms with Gasteiger partial charge in [-0.15, -0.1) is 0 Å². The van der Waals surface area contributed by atoms with Crippen LogP contribution in [0.2, 0.25) is 0 Å². The van der Waals surface area contributed by atoms with Gasteiger partial charge in [0.1, 0.15) is 10.1 Å². The number of aromatic nitrogens is 2. The van der Waals surface area contributed by atoms with Gasteiger partial charge in [-0.05, 0) is 70.0 Å². The molecule has 3 aromatic rings. The number of hydrogen-bond acceptors (Lipinski definition) is 8. The Bertz CT molecular complexity index is 1460. The van der Waals surface area contributed by atoms with Gasteiger partial charge in [-0.1, -0.05) is 58.8 Å². The van der Waals surface area contributed by atoms with E-state index in [1.807, 2.05) is 62.4 Å². The predicted octanol–water partition coefficient (Wildman–Crippen LogP) is 6.79. The number of benzene rings is 1. The van der Waals surface area contributed by atoms with Gasteiger partial charge < -0.3 is 4.74 Å². The maximum Gasteiger partial charge on any atom is 0.327 e. The highest BCUT2D eigenvalue weighted by molar-refractivity contribution is 9.10. The number of halogens is 1. The first-order valence-corrected chi connectivity index (χ1v) is 15.6. The monoisotopic (exact) mass is 658 g/mol. The molecular weight excluding hydrogens is 616 g/mol. The van der Waals surface area contributed by atoms with Gasteiger partial charge in [0.2, 0.25) is 0 Å². The van der Waals surface area contributed by atoms with Crippen LogP contribution in [0.25, 0.3) is 0 Å². The van der Waals surface area contributed by atoms with Crippen LogP contribution in [0, 0.1) is 13.8 Å². The Morgan fingerprint density at radius 3 is 2.36 bits per heavy atom. The highest BCUT2D eigenvalue weighted by atomic mass is 79.9. The number of nitrogens with zero attached hydrogens (tertiary/aromatic N) is 6. The molecule has 0 saturated heterocycles. The first-order valence-electron chi connectivity index (χ1n) is 14.8. The number of aryl methyl sites for hydroxylation is 2. The van der Waals surface area contributed by atoms with E-state index < -0.39 is 4.32 Å². The molecule has 0 aliphatic carbocycles. The summed E-state index contributed by atoms with van der Waals surface area (Å²) in [5.74, 6) is 0.174. The number of carbonyl (C=O) groups excluding carboxylic acids is 1. The number of carbonyl (C=O) groups is 1. The van der Waals surface area contributed by atoms with Crippen LogP contribution in [0.3, 0.4) is 0 Å². The topological polar surface area (TPSA) is 92.4 Å². The van der Waals surface area contributed by atoms with Gasteiger partial charge in [-0.3, -0.25) is 34.6 Å². The summed E-state index contributed by atoms with van der Waals surface area (Å²) in [5.41, 5.74) is 5.27. The second-order valence-electron chi connectivity index (χ2n) is 10.8. The Hall–Kier alpha value is -3.82. The smallest absolute Gasteiger partial charge is 0.327 e. The van der Waals surface area contributed by atoms with Crippen LogP contribution in [-0.4, -0.2) is 76.5 Å². The SMILES string of the molecule is CC/C=C\C(C=NCCN(CCN=Cc1ccccn1)C(c1ccccn1)c1cc(C)cc(C)c1OC(=O)C(C)(C)Br)=NC. The lowest BCUT2D eigenvalue weighted by atomic mass is 9.95. The maximum absolute atomic E-state index is 13.1. The number of pyridine rings is 2. The van der Waals surface area contributed by atoms with Crippen molar-refractivity contribution in [2.24, 2.45) is 15.0 Å². The van der Waals surface area contributed by atoms with E-state index in [0.29, 0.717) is 31.9 Å². The Balaban J connectivity index is 2.05. The fourth-order valence-corrected chi connectivity index (χ4v) is 4.63. The highest BCUT2D eigenvalue weighted by Gasteiger charge is 2.31. The number of alkyl halides is 1. The van der Waals surface area contributed by atoms with E-state index >= 15 is 0 Å². The summed E-state index contributed by atoms with van der Waals surface area (Å²) in [6.07, 6.45) is 12.1. The molecule has 0 saturated carbocycles. The molecule has 0 radical (unpaired) electrons. The summed E-state index contributed by atoms with van der Waals surface area (Å²) in [6.45, 7) is 11.9. The van der Waals surface area contributed by atoms with Crippen LogP contribution in [0.4, 0.5) is 0 Å². The first kappa shape index (κ1) is 34.7. The zero-order valence-corrected chi connectivity index (χ0v) is 28.2. The third kappa shape index (κ3) is 10.7. The van der Waals surface area contributed by atoms with Crippen LogP contribution >= 0.6 is 15.9 Å². The average molecular weight is 660 g/mol. The molecule has 0 aliphatic rings. The lowest BCUT2D eigenvalue weighted by Gasteiger charge is -2.33.